The first kappa shape index (κ1) is 19.3. The first-order valence-corrected chi connectivity index (χ1v) is 10.3. The normalized spacial score (nSPS) is 12.5. The van der Waals surface area contributed by atoms with E-state index in [9.17, 15) is 8.42 Å². The van der Waals surface area contributed by atoms with Crippen LogP contribution in [0.5, 0.6) is 0 Å². The summed E-state index contributed by atoms with van der Waals surface area (Å²) in [6, 6.07) is 16.9. The summed E-state index contributed by atoms with van der Waals surface area (Å²) in [5.74, 6) is 0. The molecule has 0 spiro atoms. The Bertz CT molecular complexity index is 1000. The molecule has 0 aliphatic rings. The average molecular weight is 384 g/mol. The molecule has 0 unspecified atom stereocenters. The molecule has 0 bridgehead atoms. The van der Waals surface area contributed by atoms with Gasteiger partial charge in [0.2, 0.25) is 10.0 Å². The molecule has 0 radical (unpaired) electrons. The van der Waals surface area contributed by atoms with Crippen molar-refractivity contribution >= 4 is 10.0 Å². The van der Waals surface area contributed by atoms with Crippen LogP contribution in [0, 0.1) is 0 Å². The van der Waals surface area contributed by atoms with Gasteiger partial charge in [-0.15, -0.1) is 0 Å². The zero-order chi connectivity index (χ0) is 19.7. The van der Waals surface area contributed by atoms with E-state index < -0.39 is 10.0 Å². The fourth-order valence-corrected chi connectivity index (χ4v) is 3.97. The lowest BCUT2D eigenvalue weighted by molar-refractivity contribution is 0.466. The van der Waals surface area contributed by atoms with E-state index in [1.807, 2.05) is 48.7 Å². The van der Waals surface area contributed by atoms with Crippen LogP contribution >= 0.6 is 0 Å². The van der Waals surface area contributed by atoms with Crippen molar-refractivity contribution in [1.29, 1.82) is 0 Å². The van der Waals surface area contributed by atoms with E-state index in [1.54, 1.807) is 30.1 Å². The van der Waals surface area contributed by atoms with Crippen LogP contribution in [-0.2, 0) is 22.0 Å². The fraction of sp³-hybridized carbons (Fsp3) is 0.286. The van der Waals surface area contributed by atoms with Crippen molar-refractivity contribution in [3.8, 4) is 5.69 Å². The van der Waals surface area contributed by atoms with Crippen molar-refractivity contribution in [3.05, 3.63) is 78.1 Å². The highest BCUT2D eigenvalue weighted by atomic mass is 32.2. The van der Waals surface area contributed by atoms with Gasteiger partial charge in [0, 0.05) is 25.4 Å². The van der Waals surface area contributed by atoms with E-state index in [0.717, 1.165) is 16.8 Å². The van der Waals surface area contributed by atoms with E-state index in [1.165, 1.54) is 4.31 Å². The number of para-hydroxylation sites is 1. The van der Waals surface area contributed by atoms with Crippen LogP contribution in [0.1, 0.15) is 31.9 Å². The van der Waals surface area contributed by atoms with Gasteiger partial charge in [-0.25, -0.2) is 13.1 Å². The van der Waals surface area contributed by atoms with E-state index >= 15 is 0 Å². The second-order valence-corrected chi connectivity index (χ2v) is 9.71. The molecule has 2 aromatic carbocycles. The number of benzene rings is 2. The largest absolute Gasteiger partial charge is 0.243 e. The van der Waals surface area contributed by atoms with Gasteiger partial charge in [-0.05, 0) is 35.2 Å². The van der Waals surface area contributed by atoms with Gasteiger partial charge >= 0.3 is 0 Å². The predicted octanol–water partition coefficient (Wildman–Crippen LogP) is 3.99. The van der Waals surface area contributed by atoms with Crippen molar-refractivity contribution in [1.82, 2.24) is 14.1 Å². The number of aromatic nitrogens is 2. The first-order valence-electron chi connectivity index (χ1n) is 8.84. The van der Waals surface area contributed by atoms with Crippen LogP contribution in [0.3, 0.4) is 0 Å². The molecule has 27 heavy (non-hydrogen) atoms. The standard InChI is InChI=1S/C21H25N3O2S/c1-21(2,3)18-10-12-20(13-11-18)27(25,26)23(4)15-17-14-22-24(16-17)19-8-6-5-7-9-19/h5-14,16H,15H2,1-4H3. The maximum Gasteiger partial charge on any atom is 0.243 e. The van der Waals surface area contributed by atoms with Gasteiger partial charge in [0.05, 0.1) is 16.8 Å². The molecule has 0 amide bonds. The van der Waals surface area contributed by atoms with Crippen LogP contribution < -0.4 is 0 Å². The summed E-state index contributed by atoms with van der Waals surface area (Å²) in [6.45, 7) is 6.57. The summed E-state index contributed by atoms with van der Waals surface area (Å²) in [7, 11) is -1.97. The van der Waals surface area contributed by atoms with Gasteiger partial charge in [0.15, 0.2) is 0 Å². The molecule has 6 heteroatoms. The highest BCUT2D eigenvalue weighted by Crippen LogP contribution is 2.25. The molecule has 0 atom stereocenters. The summed E-state index contributed by atoms with van der Waals surface area (Å²) < 4.78 is 28.8. The van der Waals surface area contributed by atoms with Crippen LogP contribution in [0.4, 0.5) is 0 Å². The van der Waals surface area contributed by atoms with Crippen molar-refractivity contribution < 1.29 is 8.42 Å². The van der Waals surface area contributed by atoms with Crippen molar-refractivity contribution in [2.24, 2.45) is 0 Å². The molecule has 1 aromatic heterocycles. The van der Waals surface area contributed by atoms with Crippen molar-refractivity contribution in [3.63, 3.8) is 0 Å². The van der Waals surface area contributed by atoms with Crippen molar-refractivity contribution in [2.75, 3.05) is 7.05 Å². The Morgan fingerprint density at radius 2 is 1.63 bits per heavy atom. The molecular formula is C21H25N3O2S. The minimum Gasteiger partial charge on any atom is -0.241 e. The predicted molar refractivity (Wildman–Crippen MR) is 107 cm³/mol. The Hall–Kier alpha value is -2.44. The first-order chi connectivity index (χ1) is 12.7. The lowest BCUT2D eigenvalue weighted by Gasteiger charge is -2.20. The molecule has 1 heterocycles. The zero-order valence-corrected chi connectivity index (χ0v) is 16.9. The number of sulfonamides is 1. The molecule has 0 saturated carbocycles. The van der Waals surface area contributed by atoms with Gasteiger partial charge in [-0.3, -0.25) is 0 Å². The molecular weight excluding hydrogens is 358 g/mol. The molecule has 3 aromatic rings. The van der Waals surface area contributed by atoms with E-state index in [4.69, 9.17) is 0 Å². The van der Waals surface area contributed by atoms with Gasteiger partial charge in [0.1, 0.15) is 0 Å². The molecule has 0 N–H and O–H groups in total. The second kappa shape index (κ2) is 7.29. The third-order valence-corrected chi connectivity index (χ3v) is 6.31. The molecule has 5 nitrogen and oxygen atoms in total. The second-order valence-electron chi connectivity index (χ2n) is 7.66. The third-order valence-electron chi connectivity index (χ3n) is 4.49. The Morgan fingerprint density at radius 1 is 1.00 bits per heavy atom. The van der Waals surface area contributed by atoms with Crippen LogP contribution in [-0.4, -0.2) is 29.6 Å². The topological polar surface area (TPSA) is 55.2 Å². The summed E-state index contributed by atoms with van der Waals surface area (Å²) in [6.07, 6.45) is 3.55. The van der Waals surface area contributed by atoms with Crippen LogP contribution in [0.15, 0.2) is 71.9 Å². The third kappa shape index (κ3) is 4.28. The summed E-state index contributed by atoms with van der Waals surface area (Å²) in [5, 5.41) is 4.33. The number of nitrogens with zero attached hydrogens (tertiary/aromatic N) is 3. The van der Waals surface area contributed by atoms with Crippen molar-refractivity contribution in [2.45, 2.75) is 37.6 Å². The maximum atomic E-state index is 12.9. The highest BCUT2D eigenvalue weighted by molar-refractivity contribution is 7.89. The van der Waals surface area contributed by atoms with E-state index in [2.05, 4.69) is 25.9 Å². The lowest BCUT2D eigenvalue weighted by atomic mass is 9.87. The van der Waals surface area contributed by atoms with Crippen LogP contribution in [0.2, 0.25) is 0 Å². The Labute approximate surface area is 161 Å². The SMILES string of the molecule is CN(Cc1cnn(-c2ccccc2)c1)S(=O)(=O)c1ccc(C(C)(C)C)cc1. The minimum atomic E-state index is -3.56. The molecule has 0 saturated heterocycles. The number of hydrogen-bond donors (Lipinski definition) is 0. The van der Waals surface area contributed by atoms with Gasteiger partial charge in [0.25, 0.3) is 0 Å². The minimum absolute atomic E-state index is 0.0137. The number of hydrogen-bond acceptors (Lipinski definition) is 3. The number of rotatable bonds is 5. The maximum absolute atomic E-state index is 12.9. The van der Waals surface area contributed by atoms with Gasteiger partial charge in [-0.1, -0.05) is 51.1 Å². The molecule has 0 aliphatic heterocycles. The smallest absolute Gasteiger partial charge is 0.241 e. The Balaban J connectivity index is 1.77. The Morgan fingerprint density at radius 3 is 2.22 bits per heavy atom. The Kier molecular flexibility index (Phi) is 5.22. The lowest BCUT2D eigenvalue weighted by Crippen LogP contribution is -2.26. The average Bonchev–Trinajstić information content (AvgIpc) is 3.10. The summed E-state index contributed by atoms with van der Waals surface area (Å²) in [4.78, 5) is 0.299. The quantitative estimate of drug-likeness (QED) is 0.669. The summed E-state index contributed by atoms with van der Waals surface area (Å²) >= 11 is 0. The molecule has 3 rings (SSSR count). The fourth-order valence-electron chi connectivity index (χ4n) is 2.81. The highest BCUT2D eigenvalue weighted by Gasteiger charge is 2.22. The summed E-state index contributed by atoms with van der Waals surface area (Å²) in [5.41, 5.74) is 2.86. The molecule has 0 fully saturated rings. The van der Waals surface area contributed by atoms with E-state index in [-0.39, 0.29) is 12.0 Å². The van der Waals surface area contributed by atoms with Gasteiger partial charge < -0.3 is 0 Å². The monoisotopic (exact) mass is 383 g/mol. The molecule has 0 aliphatic carbocycles. The zero-order valence-electron chi connectivity index (χ0n) is 16.1. The van der Waals surface area contributed by atoms with E-state index in [0.29, 0.717) is 4.90 Å². The molecule has 142 valence electrons. The van der Waals surface area contributed by atoms with Crippen LogP contribution in [0.25, 0.3) is 5.69 Å². The van der Waals surface area contributed by atoms with Gasteiger partial charge in [-0.2, -0.15) is 9.40 Å².